The standard InChI is InChI=1S/C6H10N2O5.ClH/c7-3-1-11-6-4(13-8(9)10)2-12-5(3)6;/h3-6H,1-2,7H2;1H/t3-,4-,5?,6+;/m0./s1. The van der Waals surface area contributed by atoms with Gasteiger partial charge >= 0.3 is 0 Å². The number of halogens is 1. The molecule has 0 aliphatic carbocycles. The van der Waals surface area contributed by atoms with Crippen molar-refractivity contribution in [3.63, 3.8) is 0 Å². The fourth-order valence-corrected chi connectivity index (χ4v) is 1.69. The average Bonchev–Trinajstić information content (AvgIpc) is 2.56. The molecule has 2 heterocycles. The molecule has 82 valence electrons. The molecule has 2 aliphatic rings. The topological polar surface area (TPSA) is 96.9 Å². The maximum atomic E-state index is 10.1. The Morgan fingerprint density at radius 2 is 2.00 bits per heavy atom. The molecule has 0 aromatic rings. The van der Waals surface area contributed by atoms with Gasteiger partial charge in [0.1, 0.15) is 12.2 Å². The lowest BCUT2D eigenvalue weighted by Gasteiger charge is -2.13. The number of nitrogens with two attached hydrogens (primary N) is 1. The van der Waals surface area contributed by atoms with Gasteiger partial charge in [-0.3, -0.25) is 0 Å². The molecular weight excluding hydrogens is 216 g/mol. The van der Waals surface area contributed by atoms with E-state index in [4.69, 9.17) is 15.2 Å². The highest BCUT2D eigenvalue weighted by atomic mass is 35.5. The van der Waals surface area contributed by atoms with Crippen LogP contribution in [0.4, 0.5) is 0 Å². The summed E-state index contributed by atoms with van der Waals surface area (Å²) in [7, 11) is 0. The fraction of sp³-hybridized carbons (Fsp3) is 1.00. The van der Waals surface area contributed by atoms with Gasteiger partial charge in [-0.25, -0.2) is 0 Å². The van der Waals surface area contributed by atoms with Gasteiger partial charge in [-0.15, -0.1) is 22.5 Å². The van der Waals surface area contributed by atoms with Gasteiger partial charge in [-0.05, 0) is 0 Å². The van der Waals surface area contributed by atoms with Gasteiger partial charge in [-0.1, -0.05) is 0 Å². The molecule has 0 aromatic heterocycles. The molecule has 0 spiro atoms. The van der Waals surface area contributed by atoms with Gasteiger partial charge < -0.3 is 20.0 Å². The van der Waals surface area contributed by atoms with Gasteiger partial charge in [0.05, 0.1) is 19.3 Å². The number of hydrogen-bond donors (Lipinski definition) is 1. The zero-order valence-electron chi connectivity index (χ0n) is 7.20. The zero-order valence-corrected chi connectivity index (χ0v) is 8.01. The number of rotatable bonds is 2. The molecule has 4 atom stereocenters. The molecular formula is C6H11ClN2O5. The minimum absolute atomic E-state index is 0. The second-order valence-corrected chi connectivity index (χ2v) is 3.13. The van der Waals surface area contributed by atoms with Crippen LogP contribution < -0.4 is 5.73 Å². The van der Waals surface area contributed by atoms with E-state index >= 15 is 0 Å². The fourth-order valence-electron chi connectivity index (χ4n) is 1.69. The highest BCUT2D eigenvalue weighted by Gasteiger charge is 2.48. The van der Waals surface area contributed by atoms with E-state index < -0.39 is 11.2 Å². The van der Waals surface area contributed by atoms with Crippen LogP contribution in [0.15, 0.2) is 0 Å². The molecule has 0 aromatic carbocycles. The molecule has 0 bridgehead atoms. The van der Waals surface area contributed by atoms with Gasteiger partial charge in [0.15, 0.2) is 6.10 Å². The maximum absolute atomic E-state index is 10.1. The van der Waals surface area contributed by atoms with Crippen molar-refractivity contribution in [1.29, 1.82) is 0 Å². The van der Waals surface area contributed by atoms with Crippen molar-refractivity contribution in [2.24, 2.45) is 5.73 Å². The Morgan fingerprint density at radius 1 is 1.36 bits per heavy atom. The van der Waals surface area contributed by atoms with E-state index in [-0.39, 0.29) is 37.3 Å². The Bertz CT molecular complexity index is 228. The van der Waals surface area contributed by atoms with Crippen LogP contribution >= 0.6 is 12.4 Å². The molecule has 8 heteroatoms. The normalized spacial score (nSPS) is 40.1. The smallest absolute Gasteiger partial charge is 0.294 e. The highest BCUT2D eigenvalue weighted by molar-refractivity contribution is 5.85. The summed E-state index contributed by atoms with van der Waals surface area (Å²) in [4.78, 5) is 14.5. The summed E-state index contributed by atoms with van der Waals surface area (Å²) < 4.78 is 10.4. The monoisotopic (exact) mass is 226 g/mol. The highest BCUT2D eigenvalue weighted by Crippen LogP contribution is 2.27. The van der Waals surface area contributed by atoms with Crippen LogP contribution in [-0.4, -0.2) is 42.7 Å². The lowest BCUT2D eigenvalue weighted by atomic mass is 10.1. The minimum atomic E-state index is -0.830. The molecule has 0 saturated carbocycles. The van der Waals surface area contributed by atoms with Crippen molar-refractivity contribution in [2.75, 3.05) is 13.2 Å². The van der Waals surface area contributed by atoms with Gasteiger partial charge in [0.25, 0.3) is 5.09 Å². The summed E-state index contributed by atoms with van der Waals surface area (Å²) in [6, 6.07) is -0.203. The van der Waals surface area contributed by atoms with Crippen LogP contribution in [0.1, 0.15) is 0 Å². The van der Waals surface area contributed by atoms with Crippen LogP contribution in [-0.2, 0) is 14.3 Å². The minimum Gasteiger partial charge on any atom is -0.371 e. The molecule has 2 fully saturated rings. The number of hydrogen-bond acceptors (Lipinski definition) is 6. The van der Waals surface area contributed by atoms with Crippen molar-refractivity contribution >= 4 is 12.4 Å². The van der Waals surface area contributed by atoms with Crippen molar-refractivity contribution < 1.29 is 19.4 Å². The summed E-state index contributed by atoms with van der Waals surface area (Å²) in [5.41, 5.74) is 5.64. The Kier molecular flexibility index (Phi) is 3.48. The van der Waals surface area contributed by atoms with Crippen LogP contribution in [0.5, 0.6) is 0 Å². The van der Waals surface area contributed by atoms with Gasteiger partial charge in [-0.2, -0.15) is 0 Å². The average molecular weight is 227 g/mol. The first kappa shape index (κ1) is 11.4. The van der Waals surface area contributed by atoms with Crippen molar-refractivity contribution in [3.05, 3.63) is 10.1 Å². The summed E-state index contributed by atoms with van der Waals surface area (Å²) in [6.07, 6.45) is -1.28. The van der Waals surface area contributed by atoms with Gasteiger partial charge in [0.2, 0.25) is 0 Å². The van der Waals surface area contributed by atoms with Crippen LogP contribution in [0.2, 0.25) is 0 Å². The Hall–Kier alpha value is -0.630. The van der Waals surface area contributed by atoms with E-state index in [9.17, 15) is 10.1 Å². The molecule has 2 aliphatic heterocycles. The first-order valence-electron chi connectivity index (χ1n) is 3.98. The number of ether oxygens (including phenoxy) is 2. The van der Waals surface area contributed by atoms with Crippen molar-refractivity contribution in [3.8, 4) is 0 Å². The SMILES string of the molecule is Cl.N[C@H]1CO[C@H]2C1OC[C@@H]2O[N+](=O)[O-]. The molecule has 0 amide bonds. The van der Waals surface area contributed by atoms with E-state index in [2.05, 4.69) is 4.84 Å². The third kappa shape index (κ3) is 1.90. The number of fused-ring (bicyclic) bond motifs is 1. The molecule has 7 nitrogen and oxygen atoms in total. The molecule has 14 heavy (non-hydrogen) atoms. The van der Waals surface area contributed by atoms with Crippen molar-refractivity contribution in [1.82, 2.24) is 0 Å². The van der Waals surface area contributed by atoms with E-state index in [1.807, 2.05) is 0 Å². The summed E-state index contributed by atoms with van der Waals surface area (Å²) >= 11 is 0. The lowest BCUT2D eigenvalue weighted by Crippen LogP contribution is -2.37. The largest absolute Gasteiger partial charge is 0.371 e. The van der Waals surface area contributed by atoms with Crippen LogP contribution in [0.25, 0.3) is 0 Å². The first-order valence-corrected chi connectivity index (χ1v) is 3.98. The third-order valence-electron chi connectivity index (χ3n) is 2.27. The molecule has 2 saturated heterocycles. The first-order chi connectivity index (χ1) is 6.18. The third-order valence-corrected chi connectivity index (χ3v) is 2.27. The molecule has 0 radical (unpaired) electrons. The second kappa shape index (κ2) is 4.26. The summed E-state index contributed by atoms with van der Waals surface area (Å²) in [5.74, 6) is 0. The van der Waals surface area contributed by atoms with E-state index in [0.717, 1.165) is 0 Å². The van der Waals surface area contributed by atoms with Crippen LogP contribution in [0.3, 0.4) is 0 Å². The predicted octanol–water partition coefficient (Wildman–Crippen LogP) is -0.890. The Morgan fingerprint density at radius 3 is 2.64 bits per heavy atom. The predicted molar refractivity (Wildman–Crippen MR) is 46.6 cm³/mol. The second-order valence-electron chi connectivity index (χ2n) is 3.13. The van der Waals surface area contributed by atoms with E-state index in [1.54, 1.807) is 0 Å². The van der Waals surface area contributed by atoms with Crippen molar-refractivity contribution in [2.45, 2.75) is 24.4 Å². The quantitative estimate of drug-likeness (QED) is 0.485. The Labute approximate surface area is 86.0 Å². The summed E-state index contributed by atoms with van der Waals surface area (Å²) in [6.45, 7) is 0.539. The van der Waals surface area contributed by atoms with E-state index in [0.29, 0.717) is 6.61 Å². The van der Waals surface area contributed by atoms with Crippen LogP contribution in [0, 0.1) is 10.1 Å². The number of nitrogens with zero attached hydrogens (tertiary/aromatic N) is 1. The molecule has 1 unspecified atom stereocenters. The molecule has 2 rings (SSSR count). The van der Waals surface area contributed by atoms with E-state index in [1.165, 1.54) is 0 Å². The van der Waals surface area contributed by atoms with Gasteiger partial charge in [0, 0.05) is 0 Å². The Balaban J connectivity index is 0.000000980. The lowest BCUT2D eigenvalue weighted by molar-refractivity contribution is -0.769. The zero-order chi connectivity index (χ0) is 9.42. The summed E-state index contributed by atoms with van der Waals surface area (Å²) in [5, 5.41) is 9.24. The maximum Gasteiger partial charge on any atom is 0.294 e. The molecule has 2 N–H and O–H groups in total.